The lowest BCUT2D eigenvalue weighted by atomic mass is 9.97. The number of hydrogen-bond acceptors (Lipinski definition) is 2. The highest BCUT2D eigenvalue weighted by Crippen LogP contribution is 2.29. The summed E-state index contributed by atoms with van der Waals surface area (Å²) in [6, 6.07) is 3.75. The number of rotatable bonds is 7. The van der Waals surface area contributed by atoms with E-state index in [9.17, 15) is 8.78 Å². The van der Waals surface area contributed by atoms with Gasteiger partial charge in [0.15, 0.2) is 0 Å². The molecule has 1 N–H and O–H groups in total. The Hall–Kier alpha value is -0.970. The van der Waals surface area contributed by atoms with Crippen molar-refractivity contribution in [2.24, 2.45) is 0 Å². The van der Waals surface area contributed by atoms with Crippen molar-refractivity contribution in [3.63, 3.8) is 0 Å². The molecule has 5 heteroatoms. The van der Waals surface area contributed by atoms with Crippen molar-refractivity contribution in [3.8, 4) is 0 Å². The van der Waals surface area contributed by atoms with Gasteiger partial charge in [-0.3, -0.25) is 4.90 Å². The number of halogens is 3. The summed E-state index contributed by atoms with van der Waals surface area (Å²) in [5.74, 6) is -0.665. The molecule has 1 fully saturated rings. The smallest absolute Gasteiger partial charge is 0.128 e. The molecule has 1 heterocycles. The van der Waals surface area contributed by atoms with Crippen LogP contribution in [0.1, 0.15) is 37.3 Å². The highest BCUT2D eigenvalue weighted by atomic mass is 35.5. The van der Waals surface area contributed by atoms with Gasteiger partial charge in [-0.1, -0.05) is 12.5 Å². The Balaban J connectivity index is 0.00000242. The first-order valence-corrected chi connectivity index (χ1v) is 7.73. The van der Waals surface area contributed by atoms with E-state index in [2.05, 4.69) is 16.8 Å². The molecule has 0 amide bonds. The largest absolute Gasteiger partial charge is 0.314 e. The van der Waals surface area contributed by atoms with Crippen molar-refractivity contribution in [1.29, 1.82) is 0 Å². The Kier molecular flexibility index (Phi) is 8.61. The van der Waals surface area contributed by atoms with Crippen LogP contribution in [-0.2, 0) is 0 Å². The van der Waals surface area contributed by atoms with Crippen molar-refractivity contribution < 1.29 is 8.78 Å². The Morgan fingerprint density at radius 2 is 1.95 bits per heavy atom. The van der Waals surface area contributed by atoms with Crippen molar-refractivity contribution in [2.45, 2.75) is 31.7 Å². The molecule has 1 aliphatic heterocycles. The third-order valence-corrected chi connectivity index (χ3v) is 4.05. The zero-order chi connectivity index (χ0) is 15.1. The van der Waals surface area contributed by atoms with Gasteiger partial charge in [0.2, 0.25) is 0 Å². The number of piperazine rings is 1. The molecule has 0 radical (unpaired) electrons. The molecule has 1 aliphatic rings. The van der Waals surface area contributed by atoms with Crippen LogP contribution < -0.4 is 5.32 Å². The van der Waals surface area contributed by atoms with Crippen LogP contribution in [0.4, 0.5) is 8.78 Å². The van der Waals surface area contributed by atoms with Crippen LogP contribution in [0.15, 0.2) is 30.9 Å². The van der Waals surface area contributed by atoms with E-state index in [4.69, 9.17) is 0 Å². The summed E-state index contributed by atoms with van der Waals surface area (Å²) in [6.07, 6.45) is 5.77. The molecule has 1 aromatic carbocycles. The lowest BCUT2D eigenvalue weighted by Crippen LogP contribution is -2.45. The van der Waals surface area contributed by atoms with E-state index < -0.39 is 0 Å². The predicted molar refractivity (Wildman–Crippen MR) is 89.5 cm³/mol. The molecule has 22 heavy (non-hydrogen) atoms. The molecule has 0 saturated carbocycles. The zero-order valence-electron chi connectivity index (χ0n) is 12.9. The number of allylic oxidation sites excluding steroid dienone is 1. The Labute approximate surface area is 138 Å². The highest BCUT2D eigenvalue weighted by molar-refractivity contribution is 5.85. The lowest BCUT2D eigenvalue weighted by Gasteiger charge is -2.35. The molecule has 1 saturated heterocycles. The summed E-state index contributed by atoms with van der Waals surface area (Å²) in [4.78, 5) is 2.27. The first-order chi connectivity index (χ1) is 10.2. The van der Waals surface area contributed by atoms with Gasteiger partial charge in [-0.15, -0.1) is 19.0 Å². The van der Waals surface area contributed by atoms with Gasteiger partial charge < -0.3 is 5.32 Å². The SMILES string of the molecule is C=CCCCC[C@H](c1cc(F)ccc1F)N1CCNCC1.Cl. The Bertz CT molecular complexity index is 462. The molecule has 1 atom stereocenters. The first kappa shape index (κ1) is 19.1. The quantitative estimate of drug-likeness (QED) is 0.598. The first-order valence-electron chi connectivity index (χ1n) is 7.73. The van der Waals surface area contributed by atoms with Gasteiger partial charge in [-0.25, -0.2) is 8.78 Å². The van der Waals surface area contributed by atoms with Crippen LogP contribution in [0.25, 0.3) is 0 Å². The number of hydrogen-bond donors (Lipinski definition) is 1. The van der Waals surface area contributed by atoms with E-state index in [0.29, 0.717) is 5.56 Å². The summed E-state index contributed by atoms with van der Waals surface area (Å²) < 4.78 is 27.6. The van der Waals surface area contributed by atoms with Gasteiger partial charge >= 0.3 is 0 Å². The van der Waals surface area contributed by atoms with Crippen molar-refractivity contribution in [3.05, 3.63) is 48.1 Å². The number of nitrogens with zero attached hydrogens (tertiary/aromatic N) is 1. The molecule has 0 spiro atoms. The number of unbranched alkanes of at least 4 members (excludes halogenated alkanes) is 2. The second-order valence-electron chi connectivity index (χ2n) is 5.54. The van der Waals surface area contributed by atoms with Gasteiger partial charge in [0.05, 0.1) is 0 Å². The molecule has 2 nitrogen and oxygen atoms in total. The van der Waals surface area contributed by atoms with Gasteiger partial charge in [0.25, 0.3) is 0 Å². The second-order valence-corrected chi connectivity index (χ2v) is 5.54. The summed E-state index contributed by atoms with van der Waals surface area (Å²) in [7, 11) is 0. The molecule has 0 aromatic heterocycles. The summed E-state index contributed by atoms with van der Waals surface area (Å²) in [5, 5.41) is 3.30. The zero-order valence-corrected chi connectivity index (χ0v) is 13.7. The fourth-order valence-electron chi connectivity index (χ4n) is 2.92. The standard InChI is InChI=1S/C17H24F2N2.ClH/c1-2-3-4-5-6-17(21-11-9-20-10-12-21)15-13-14(18)7-8-16(15)19;/h2,7-8,13,17,20H,1,3-6,9-12H2;1H/t17-;/m1./s1. The topological polar surface area (TPSA) is 15.3 Å². The van der Waals surface area contributed by atoms with E-state index in [1.165, 1.54) is 18.2 Å². The Morgan fingerprint density at radius 1 is 1.23 bits per heavy atom. The fraction of sp³-hybridized carbons (Fsp3) is 0.529. The van der Waals surface area contributed by atoms with Gasteiger partial charge in [0.1, 0.15) is 11.6 Å². The summed E-state index contributed by atoms with van der Waals surface area (Å²) in [6.45, 7) is 7.28. The van der Waals surface area contributed by atoms with E-state index in [-0.39, 0.29) is 30.1 Å². The average molecular weight is 331 g/mol. The predicted octanol–water partition coefficient (Wildman–Crippen LogP) is 4.08. The van der Waals surface area contributed by atoms with Crippen LogP contribution in [0, 0.1) is 11.6 Å². The maximum absolute atomic E-state index is 14.1. The maximum atomic E-state index is 14.1. The van der Waals surface area contributed by atoms with Crippen molar-refractivity contribution >= 4 is 12.4 Å². The van der Waals surface area contributed by atoms with Gasteiger partial charge in [-0.05, 0) is 37.5 Å². The van der Waals surface area contributed by atoms with Gasteiger partial charge in [0, 0.05) is 37.8 Å². The summed E-state index contributed by atoms with van der Waals surface area (Å²) >= 11 is 0. The molecule has 124 valence electrons. The molecule has 2 rings (SSSR count). The van der Waals surface area contributed by atoms with Crippen molar-refractivity contribution in [1.82, 2.24) is 10.2 Å². The molecular formula is C17H25ClF2N2. The average Bonchev–Trinajstić information content (AvgIpc) is 2.51. The summed E-state index contributed by atoms with van der Waals surface area (Å²) in [5.41, 5.74) is 0.496. The van der Waals surface area contributed by atoms with Crippen LogP contribution in [0.2, 0.25) is 0 Å². The van der Waals surface area contributed by atoms with E-state index >= 15 is 0 Å². The van der Waals surface area contributed by atoms with Crippen LogP contribution in [0.5, 0.6) is 0 Å². The second kappa shape index (κ2) is 9.93. The van der Waals surface area contributed by atoms with Crippen molar-refractivity contribution in [2.75, 3.05) is 26.2 Å². The highest BCUT2D eigenvalue weighted by Gasteiger charge is 2.24. The molecule has 1 aromatic rings. The third-order valence-electron chi connectivity index (χ3n) is 4.05. The molecule has 0 unspecified atom stereocenters. The molecular weight excluding hydrogens is 306 g/mol. The number of nitrogens with one attached hydrogen (secondary N) is 1. The minimum absolute atomic E-state index is 0. The molecule has 0 aliphatic carbocycles. The minimum Gasteiger partial charge on any atom is -0.314 e. The minimum atomic E-state index is -0.363. The van der Waals surface area contributed by atoms with E-state index in [1.54, 1.807) is 0 Å². The van der Waals surface area contributed by atoms with Crippen LogP contribution in [-0.4, -0.2) is 31.1 Å². The monoisotopic (exact) mass is 330 g/mol. The third kappa shape index (κ3) is 5.34. The van der Waals surface area contributed by atoms with E-state index in [0.717, 1.165) is 51.9 Å². The van der Waals surface area contributed by atoms with Gasteiger partial charge in [-0.2, -0.15) is 0 Å². The lowest BCUT2D eigenvalue weighted by molar-refractivity contribution is 0.159. The maximum Gasteiger partial charge on any atom is 0.128 e. The fourth-order valence-corrected chi connectivity index (χ4v) is 2.92. The normalized spacial score (nSPS) is 16.8. The van der Waals surface area contributed by atoms with Crippen LogP contribution >= 0.6 is 12.4 Å². The number of benzene rings is 1. The van der Waals surface area contributed by atoms with Crippen LogP contribution in [0.3, 0.4) is 0 Å². The Morgan fingerprint density at radius 3 is 2.64 bits per heavy atom. The van der Waals surface area contributed by atoms with E-state index in [1.807, 2.05) is 6.08 Å². The molecule has 0 bridgehead atoms.